The summed E-state index contributed by atoms with van der Waals surface area (Å²) in [7, 11) is 2.04. The number of aryl methyl sites for hydroxylation is 1. The third kappa shape index (κ3) is 0.843. The lowest BCUT2D eigenvalue weighted by atomic mass is 10.3. The van der Waals surface area contributed by atoms with Gasteiger partial charge in [0.05, 0.1) is 6.34 Å². The Kier molecular flexibility index (Phi) is 1.24. The lowest BCUT2D eigenvalue weighted by molar-refractivity contribution is 0.850. The molecule has 1 aliphatic heterocycles. The van der Waals surface area contributed by atoms with Gasteiger partial charge in [-0.1, -0.05) is 0 Å². The quantitative estimate of drug-likeness (QED) is 0.588. The maximum Gasteiger partial charge on any atom is 0.139 e. The molecule has 1 aromatic rings. The average molecular weight is 149 g/mol. The van der Waals surface area contributed by atoms with E-state index < -0.39 is 0 Å². The fourth-order valence-electron chi connectivity index (χ4n) is 1.36. The van der Waals surface area contributed by atoms with Crippen LogP contribution >= 0.6 is 0 Å². The van der Waals surface area contributed by atoms with Crippen LogP contribution in [0.15, 0.2) is 11.1 Å². The van der Waals surface area contributed by atoms with E-state index in [2.05, 4.69) is 27.9 Å². The van der Waals surface area contributed by atoms with Gasteiger partial charge in [0.25, 0.3) is 0 Å². The molecule has 3 heteroatoms. The van der Waals surface area contributed by atoms with Gasteiger partial charge in [-0.3, -0.25) is 0 Å². The van der Waals surface area contributed by atoms with E-state index in [9.17, 15) is 0 Å². The third-order valence-electron chi connectivity index (χ3n) is 2.09. The van der Waals surface area contributed by atoms with Crippen LogP contribution in [0.1, 0.15) is 11.3 Å². The zero-order chi connectivity index (χ0) is 7.84. The number of nitrogens with one attached hydrogen (secondary N) is 1. The molecule has 3 nitrogen and oxygen atoms in total. The van der Waals surface area contributed by atoms with E-state index >= 15 is 0 Å². The van der Waals surface area contributed by atoms with Crippen LogP contribution in [0.5, 0.6) is 0 Å². The average Bonchev–Trinajstić information content (AvgIpc) is 2.30. The van der Waals surface area contributed by atoms with E-state index in [-0.39, 0.29) is 0 Å². The first-order valence-corrected chi connectivity index (χ1v) is 3.70. The van der Waals surface area contributed by atoms with Gasteiger partial charge in [-0.15, -0.1) is 0 Å². The van der Waals surface area contributed by atoms with Gasteiger partial charge in [0.1, 0.15) is 5.82 Å². The largest absolute Gasteiger partial charge is 0.372 e. The molecule has 0 radical (unpaired) electrons. The maximum absolute atomic E-state index is 4.24. The fraction of sp³-hybridized carbons (Fsp3) is 0.375. The summed E-state index contributed by atoms with van der Waals surface area (Å²) in [5.41, 5.74) is 2.54. The lowest BCUT2D eigenvalue weighted by Gasteiger charge is -2.07. The summed E-state index contributed by atoms with van der Waals surface area (Å²) in [4.78, 5) is 4.24. The number of rotatable bonds is 0. The minimum atomic E-state index is 0.903. The minimum Gasteiger partial charge on any atom is -0.372 e. The van der Waals surface area contributed by atoms with Gasteiger partial charge in [0, 0.05) is 24.8 Å². The molecule has 1 aromatic heterocycles. The van der Waals surface area contributed by atoms with Crippen LogP contribution in [0.2, 0.25) is 0 Å². The van der Waals surface area contributed by atoms with Crippen molar-refractivity contribution in [3.05, 3.63) is 17.3 Å². The van der Waals surface area contributed by atoms with Crippen molar-refractivity contribution in [1.82, 2.24) is 9.88 Å². The molecule has 0 unspecified atom stereocenters. The van der Waals surface area contributed by atoms with Crippen molar-refractivity contribution in [1.29, 1.82) is 0 Å². The van der Waals surface area contributed by atoms with Gasteiger partial charge in [0.2, 0.25) is 0 Å². The lowest BCUT2D eigenvalue weighted by Crippen LogP contribution is -2.13. The molecule has 0 saturated heterocycles. The molecule has 0 aromatic carbocycles. The standard InChI is InChI=1S/C8H11N3/c1-6-3-7-4-9-5-10-8(7)11(6)2/h3,5H,4H2,1-2H3,(H,9,10). The zero-order valence-electron chi connectivity index (χ0n) is 6.76. The summed E-state index contributed by atoms with van der Waals surface area (Å²) in [6, 6.07) is 2.17. The van der Waals surface area contributed by atoms with Gasteiger partial charge >= 0.3 is 0 Å². The van der Waals surface area contributed by atoms with Crippen molar-refractivity contribution in [2.24, 2.45) is 12.0 Å². The summed E-state index contributed by atoms with van der Waals surface area (Å²) in [6.45, 7) is 2.99. The van der Waals surface area contributed by atoms with Crippen LogP contribution in [0.3, 0.4) is 0 Å². The van der Waals surface area contributed by atoms with Gasteiger partial charge in [0.15, 0.2) is 0 Å². The van der Waals surface area contributed by atoms with Crippen LogP contribution in [0, 0.1) is 6.92 Å². The van der Waals surface area contributed by atoms with Gasteiger partial charge in [-0.05, 0) is 13.0 Å². The predicted octanol–water partition coefficient (Wildman–Crippen LogP) is 1.10. The molecular formula is C8H11N3. The number of hydrogen-bond acceptors (Lipinski definition) is 2. The number of fused-ring (bicyclic) bond motifs is 1. The molecular weight excluding hydrogens is 138 g/mol. The molecule has 11 heavy (non-hydrogen) atoms. The zero-order valence-corrected chi connectivity index (χ0v) is 6.76. The summed E-state index contributed by atoms with van der Waals surface area (Å²) in [5.74, 6) is 1.08. The van der Waals surface area contributed by atoms with E-state index in [1.807, 2.05) is 7.05 Å². The number of hydrogen-bond donors (Lipinski definition) is 1. The van der Waals surface area contributed by atoms with Crippen LogP contribution < -0.4 is 5.32 Å². The SMILES string of the molecule is Cc1cc2c(n1C)N=CNC2. The topological polar surface area (TPSA) is 29.3 Å². The number of aliphatic imine (C=N–C) groups is 1. The monoisotopic (exact) mass is 149 g/mol. The van der Waals surface area contributed by atoms with Crippen LogP contribution in [-0.4, -0.2) is 10.9 Å². The highest BCUT2D eigenvalue weighted by molar-refractivity contribution is 5.65. The molecule has 1 aliphatic rings. The molecule has 0 atom stereocenters. The third-order valence-corrected chi connectivity index (χ3v) is 2.09. The van der Waals surface area contributed by atoms with Crippen molar-refractivity contribution in [3.8, 4) is 0 Å². The van der Waals surface area contributed by atoms with Crippen LogP contribution in [-0.2, 0) is 13.6 Å². The second-order valence-electron chi connectivity index (χ2n) is 2.83. The van der Waals surface area contributed by atoms with E-state index in [0.717, 1.165) is 12.4 Å². The summed E-state index contributed by atoms with van der Waals surface area (Å²) in [5, 5.41) is 3.08. The summed E-state index contributed by atoms with van der Waals surface area (Å²) in [6.07, 6.45) is 1.75. The Labute approximate surface area is 65.7 Å². The Hall–Kier alpha value is -1.25. The number of aromatic nitrogens is 1. The van der Waals surface area contributed by atoms with Crippen LogP contribution in [0.25, 0.3) is 0 Å². The first-order chi connectivity index (χ1) is 5.29. The Morgan fingerprint density at radius 3 is 3.18 bits per heavy atom. The highest BCUT2D eigenvalue weighted by atomic mass is 15.1. The molecule has 0 spiro atoms. The molecule has 2 rings (SSSR count). The second kappa shape index (κ2) is 2.12. The van der Waals surface area contributed by atoms with Gasteiger partial charge < -0.3 is 9.88 Å². The molecule has 1 N–H and O–H groups in total. The molecule has 0 amide bonds. The first-order valence-electron chi connectivity index (χ1n) is 3.70. The normalized spacial score (nSPS) is 14.4. The van der Waals surface area contributed by atoms with Crippen LogP contribution in [0.4, 0.5) is 5.82 Å². The molecule has 0 bridgehead atoms. The van der Waals surface area contributed by atoms with Crippen molar-refractivity contribution in [3.63, 3.8) is 0 Å². The number of nitrogens with zero attached hydrogens (tertiary/aromatic N) is 2. The van der Waals surface area contributed by atoms with Crippen molar-refractivity contribution >= 4 is 12.2 Å². The highest BCUT2D eigenvalue weighted by Crippen LogP contribution is 2.23. The molecule has 0 fully saturated rings. The van der Waals surface area contributed by atoms with E-state index in [0.29, 0.717) is 0 Å². The summed E-state index contributed by atoms with van der Waals surface area (Å²) >= 11 is 0. The molecule has 58 valence electrons. The highest BCUT2D eigenvalue weighted by Gasteiger charge is 2.10. The first kappa shape index (κ1) is 6.46. The van der Waals surface area contributed by atoms with Crippen molar-refractivity contribution in [2.75, 3.05) is 0 Å². The van der Waals surface area contributed by atoms with Crippen molar-refractivity contribution in [2.45, 2.75) is 13.5 Å². The predicted molar refractivity (Wildman–Crippen MR) is 45.1 cm³/mol. The smallest absolute Gasteiger partial charge is 0.139 e. The minimum absolute atomic E-state index is 0.903. The van der Waals surface area contributed by atoms with E-state index in [4.69, 9.17) is 0 Å². The van der Waals surface area contributed by atoms with Crippen molar-refractivity contribution < 1.29 is 0 Å². The van der Waals surface area contributed by atoms with E-state index in [1.54, 1.807) is 6.34 Å². The van der Waals surface area contributed by atoms with Gasteiger partial charge in [-0.2, -0.15) is 0 Å². The van der Waals surface area contributed by atoms with E-state index in [1.165, 1.54) is 11.3 Å². The van der Waals surface area contributed by atoms with Gasteiger partial charge in [-0.25, -0.2) is 4.99 Å². The summed E-state index contributed by atoms with van der Waals surface area (Å²) < 4.78 is 2.10. The second-order valence-corrected chi connectivity index (χ2v) is 2.83. The molecule has 0 saturated carbocycles. The fourth-order valence-corrected chi connectivity index (χ4v) is 1.36. The molecule has 0 aliphatic carbocycles. The maximum atomic E-state index is 4.24. The Morgan fingerprint density at radius 2 is 2.45 bits per heavy atom. The molecule has 2 heterocycles. The Bertz CT molecular complexity index is 309. The Morgan fingerprint density at radius 1 is 1.64 bits per heavy atom. The Balaban J connectivity index is 2.61.